The van der Waals surface area contributed by atoms with Gasteiger partial charge in [0, 0.05) is 31.8 Å². The molecule has 0 bridgehead atoms. The van der Waals surface area contributed by atoms with E-state index >= 15 is 0 Å². The van der Waals surface area contributed by atoms with Gasteiger partial charge in [-0.3, -0.25) is 4.98 Å². The lowest BCUT2D eigenvalue weighted by molar-refractivity contribution is 0.238. The van der Waals surface area contributed by atoms with Crippen molar-refractivity contribution in [2.45, 2.75) is 6.42 Å². The molecule has 0 amide bonds. The molecule has 0 aliphatic carbocycles. The molecule has 92 valence electrons. The number of rotatable bonds is 3. The second kappa shape index (κ2) is 5.01. The van der Waals surface area contributed by atoms with E-state index in [9.17, 15) is 0 Å². The van der Waals surface area contributed by atoms with E-state index in [2.05, 4.69) is 15.0 Å². The highest BCUT2D eigenvalue weighted by Crippen LogP contribution is 2.25. The van der Waals surface area contributed by atoms with Crippen LogP contribution in [-0.4, -0.2) is 40.8 Å². The van der Waals surface area contributed by atoms with Gasteiger partial charge in [0.05, 0.1) is 5.69 Å². The highest BCUT2D eigenvalue weighted by molar-refractivity contribution is 6.00. The van der Waals surface area contributed by atoms with Gasteiger partial charge < -0.3 is 20.9 Å². The first-order valence-corrected chi connectivity index (χ1v) is 5.55. The largest absolute Gasteiger partial charge is 0.409 e. The van der Waals surface area contributed by atoms with E-state index in [1.165, 1.54) is 0 Å². The van der Waals surface area contributed by atoms with Crippen LogP contribution in [0.15, 0.2) is 23.5 Å². The van der Waals surface area contributed by atoms with Crippen LogP contribution in [-0.2, 0) is 0 Å². The summed E-state index contributed by atoms with van der Waals surface area (Å²) in [5, 5.41) is 20.8. The number of anilines is 1. The van der Waals surface area contributed by atoms with E-state index in [1.807, 2.05) is 12.1 Å². The molecule has 1 atom stereocenters. The van der Waals surface area contributed by atoms with Crippen molar-refractivity contribution in [3.05, 3.63) is 24.0 Å². The minimum atomic E-state index is 0.00745. The average molecular weight is 236 g/mol. The maximum absolute atomic E-state index is 9.12. The van der Waals surface area contributed by atoms with Gasteiger partial charge in [0.1, 0.15) is 5.69 Å². The molecule has 1 unspecified atom stereocenters. The van der Waals surface area contributed by atoms with Crippen molar-refractivity contribution in [1.29, 1.82) is 0 Å². The third kappa shape index (κ3) is 2.31. The van der Waals surface area contributed by atoms with Crippen LogP contribution < -0.4 is 10.6 Å². The Balaban J connectivity index is 2.27. The van der Waals surface area contributed by atoms with Gasteiger partial charge in [-0.1, -0.05) is 5.16 Å². The zero-order valence-electron chi connectivity index (χ0n) is 9.45. The van der Waals surface area contributed by atoms with Crippen molar-refractivity contribution in [3.63, 3.8) is 0 Å². The van der Waals surface area contributed by atoms with Gasteiger partial charge >= 0.3 is 0 Å². The molecule has 0 radical (unpaired) electrons. The van der Waals surface area contributed by atoms with Gasteiger partial charge in [0.25, 0.3) is 0 Å². The van der Waals surface area contributed by atoms with E-state index < -0.39 is 0 Å². The Morgan fingerprint density at radius 1 is 1.65 bits per heavy atom. The number of aromatic nitrogens is 1. The van der Waals surface area contributed by atoms with Crippen molar-refractivity contribution in [3.8, 4) is 0 Å². The van der Waals surface area contributed by atoms with Crippen molar-refractivity contribution < 1.29 is 10.3 Å². The predicted octanol–water partition coefficient (Wildman–Crippen LogP) is -0.00530. The zero-order valence-corrected chi connectivity index (χ0v) is 9.45. The fourth-order valence-electron chi connectivity index (χ4n) is 2.10. The summed E-state index contributed by atoms with van der Waals surface area (Å²) in [4.78, 5) is 6.22. The molecule has 1 saturated heterocycles. The van der Waals surface area contributed by atoms with Crippen molar-refractivity contribution in [1.82, 2.24) is 4.98 Å². The monoisotopic (exact) mass is 236 g/mol. The van der Waals surface area contributed by atoms with Gasteiger partial charge in [-0.25, -0.2) is 0 Å². The minimum absolute atomic E-state index is 0.00745. The number of aliphatic hydroxyl groups is 1. The van der Waals surface area contributed by atoms with Crippen molar-refractivity contribution in [2.24, 2.45) is 16.8 Å². The maximum atomic E-state index is 9.12. The summed E-state index contributed by atoms with van der Waals surface area (Å²) in [5.74, 6) is 0.295. The summed E-state index contributed by atoms with van der Waals surface area (Å²) in [6.45, 7) is 1.81. The SMILES string of the molecule is N/C(=N/O)c1ncccc1N1CCC(CO)C1. The van der Waals surface area contributed by atoms with Crippen LogP contribution >= 0.6 is 0 Å². The standard InChI is InChI=1S/C11H16N4O2/c12-11(14-17)10-9(2-1-4-13-10)15-5-3-8(6-15)7-16/h1-2,4,8,16-17H,3,5-7H2,(H2,12,14). The number of pyridine rings is 1. The van der Waals surface area contributed by atoms with Crippen LogP contribution in [0.1, 0.15) is 12.1 Å². The van der Waals surface area contributed by atoms with E-state index in [1.54, 1.807) is 6.20 Å². The summed E-state index contributed by atoms with van der Waals surface area (Å²) in [6, 6.07) is 3.70. The van der Waals surface area contributed by atoms with Crippen LogP contribution in [0.25, 0.3) is 0 Å². The lowest BCUT2D eigenvalue weighted by atomic mass is 10.1. The summed E-state index contributed by atoms with van der Waals surface area (Å²) in [5.41, 5.74) is 6.92. The molecule has 1 aromatic rings. The van der Waals surface area contributed by atoms with E-state index in [-0.39, 0.29) is 18.4 Å². The molecule has 0 aromatic carbocycles. The van der Waals surface area contributed by atoms with Gasteiger partial charge in [0.15, 0.2) is 5.84 Å². The first kappa shape index (κ1) is 11.7. The highest BCUT2D eigenvalue weighted by Gasteiger charge is 2.24. The van der Waals surface area contributed by atoms with Crippen LogP contribution in [0.2, 0.25) is 0 Å². The van der Waals surface area contributed by atoms with Gasteiger partial charge in [-0.2, -0.15) is 0 Å². The fourth-order valence-corrected chi connectivity index (χ4v) is 2.10. The van der Waals surface area contributed by atoms with E-state index in [0.717, 1.165) is 25.2 Å². The third-order valence-corrected chi connectivity index (χ3v) is 3.02. The van der Waals surface area contributed by atoms with Crippen LogP contribution in [0, 0.1) is 5.92 Å². The number of oxime groups is 1. The Morgan fingerprint density at radius 2 is 2.47 bits per heavy atom. The number of nitrogens with two attached hydrogens (primary N) is 1. The molecule has 1 aromatic heterocycles. The highest BCUT2D eigenvalue weighted by atomic mass is 16.4. The summed E-state index contributed by atoms with van der Waals surface area (Å²) < 4.78 is 0. The normalized spacial score (nSPS) is 20.9. The Labute approximate surface area is 99.4 Å². The molecule has 4 N–H and O–H groups in total. The van der Waals surface area contributed by atoms with E-state index in [4.69, 9.17) is 16.0 Å². The second-order valence-corrected chi connectivity index (χ2v) is 4.14. The molecule has 17 heavy (non-hydrogen) atoms. The summed E-state index contributed by atoms with van der Waals surface area (Å²) >= 11 is 0. The van der Waals surface area contributed by atoms with Crippen LogP contribution in [0.3, 0.4) is 0 Å². The molecule has 6 nitrogen and oxygen atoms in total. The number of aliphatic hydroxyl groups excluding tert-OH is 1. The molecule has 1 fully saturated rings. The minimum Gasteiger partial charge on any atom is -0.409 e. The first-order valence-electron chi connectivity index (χ1n) is 5.55. The van der Waals surface area contributed by atoms with Gasteiger partial charge in [0.2, 0.25) is 0 Å². The number of nitrogens with zero attached hydrogens (tertiary/aromatic N) is 3. The second-order valence-electron chi connectivity index (χ2n) is 4.14. The van der Waals surface area contributed by atoms with Crippen LogP contribution in [0.4, 0.5) is 5.69 Å². The summed E-state index contributed by atoms with van der Waals surface area (Å²) in [6.07, 6.45) is 2.55. The Bertz CT molecular complexity index is 422. The van der Waals surface area contributed by atoms with E-state index in [0.29, 0.717) is 5.69 Å². The number of hydrogen-bond donors (Lipinski definition) is 3. The average Bonchev–Trinajstić information content (AvgIpc) is 2.86. The maximum Gasteiger partial charge on any atom is 0.190 e. The summed E-state index contributed by atoms with van der Waals surface area (Å²) in [7, 11) is 0. The molecule has 1 aliphatic heterocycles. The van der Waals surface area contributed by atoms with Gasteiger partial charge in [-0.05, 0) is 18.6 Å². The first-order chi connectivity index (χ1) is 8.26. The zero-order chi connectivity index (χ0) is 12.3. The smallest absolute Gasteiger partial charge is 0.190 e. The number of hydrogen-bond acceptors (Lipinski definition) is 5. The molecule has 1 aliphatic rings. The molecule has 6 heteroatoms. The molecular formula is C11H16N4O2. The quantitative estimate of drug-likeness (QED) is 0.297. The Hall–Kier alpha value is -1.82. The molecule has 2 rings (SSSR count). The Morgan fingerprint density at radius 3 is 3.12 bits per heavy atom. The lowest BCUT2D eigenvalue weighted by Crippen LogP contribution is -2.26. The topological polar surface area (TPSA) is 95.0 Å². The predicted molar refractivity (Wildman–Crippen MR) is 64.2 cm³/mol. The van der Waals surface area contributed by atoms with Crippen molar-refractivity contribution >= 4 is 11.5 Å². The molecule has 0 spiro atoms. The Kier molecular flexibility index (Phi) is 3.43. The van der Waals surface area contributed by atoms with Crippen LogP contribution in [0.5, 0.6) is 0 Å². The molecular weight excluding hydrogens is 220 g/mol. The molecule has 0 saturated carbocycles. The van der Waals surface area contributed by atoms with Crippen molar-refractivity contribution in [2.75, 3.05) is 24.6 Å². The third-order valence-electron chi connectivity index (χ3n) is 3.02. The molecule has 2 heterocycles. The fraction of sp³-hybridized carbons (Fsp3) is 0.455. The lowest BCUT2D eigenvalue weighted by Gasteiger charge is -2.20. The number of amidine groups is 1. The van der Waals surface area contributed by atoms with Gasteiger partial charge in [-0.15, -0.1) is 0 Å².